The van der Waals surface area contributed by atoms with Gasteiger partial charge in [0.15, 0.2) is 0 Å². The van der Waals surface area contributed by atoms with E-state index < -0.39 is 24.0 Å². The smallest absolute Gasteiger partial charge is 0.326 e. The molecule has 0 saturated carbocycles. The lowest BCUT2D eigenvalue weighted by atomic mass is 10.0. The highest BCUT2D eigenvalue weighted by atomic mass is 35.5. The Morgan fingerprint density at radius 2 is 0.949 bits per heavy atom. The van der Waals surface area contributed by atoms with E-state index in [1.807, 2.05) is 91.9 Å². The van der Waals surface area contributed by atoms with Crippen molar-refractivity contribution in [1.29, 1.82) is 0 Å². The molecule has 0 radical (unpaired) electrons. The minimum atomic E-state index is -1.000. The van der Waals surface area contributed by atoms with E-state index in [4.69, 9.17) is 23.2 Å². The molecule has 4 aromatic carbocycles. The minimum absolute atomic E-state index is 0.305. The summed E-state index contributed by atoms with van der Waals surface area (Å²) in [4.78, 5) is 61.6. The predicted octanol–water partition coefficient (Wildman–Crippen LogP) is 9.97. The molecule has 0 unspecified atom stereocenters. The molecule has 0 bridgehead atoms. The van der Waals surface area contributed by atoms with Crippen LogP contribution in [-0.4, -0.2) is 65.8 Å². The Morgan fingerprint density at radius 3 is 1.36 bits per heavy atom. The van der Waals surface area contributed by atoms with E-state index in [1.165, 1.54) is 9.80 Å². The average molecular weight is 828 g/mol. The van der Waals surface area contributed by atoms with Gasteiger partial charge in [0.25, 0.3) is 11.8 Å². The lowest BCUT2D eigenvalue weighted by molar-refractivity contribution is -0.142. The number of likely N-dealkylation sites (tertiary alicyclic amines) is 2. The molecule has 10 nitrogen and oxygen atoms in total. The van der Waals surface area contributed by atoms with Gasteiger partial charge in [0.1, 0.15) is 12.1 Å². The number of aromatic nitrogens is 2. The lowest BCUT2D eigenvalue weighted by Gasteiger charge is -2.29. The number of halogens is 2. The standard InChI is InChI=1S/C24H21ClN2O3.C23H19ClN2O3/c1-15-6-7-18(14-26-15)16-8-10-17(11-9-16)23(28)27-21(12-13-22(27)24(29)30)19-4-2-3-5-20(19)25;24-19-4-2-1-3-18(19)20-9-10-21(23(28)29)26(20)22(27)17-7-5-15(6-8-17)16-11-13-25-14-12-16/h2-11,14,21-22H,12-13H2,1H3,(H,29,30);1-8,11-14,20-21H,9-10H2,(H,28,29)/t21-,22+;20-,21+/m11/s1. The Kier molecular flexibility index (Phi) is 12.5. The second-order valence-electron chi connectivity index (χ2n) is 14.4. The van der Waals surface area contributed by atoms with Gasteiger partial charge in [-0.25, -0.2) is 9.59 Å². The molecule has 12 heteroatoms. The summed E-state index contributed by atoms with van der Waals surface area (Å²) in [5, 5.41) is 20.4. The topological polar surface area (TPSA) is 141 Å². The monoisotopic (exact) mass is 826 g/mol. The second-order valence-corrected chi connectivity index (χ2v) is 15.3. The third-order valence-electron chi connectivity index (χ3n) is 10.9. The number of hydrogen-bond donors (Lipinski definition) is 2. The zero-order valence-electron chi connectivity index (χ0n) is 32.0. The summed E-state index contributed by atoms with van der Waals surface area (Å²) < 4.78 is 0. The summed E-state index contributed by atoms with van der Waals surface area (Å²) >= 11 is 12.7. The number of aliphatic carboxylic acids is 2. The van der Waals surface area contributed by atoms with Gasteiger partial charge in [-0.05, 0) is 115 Å². The second kappa shape index (κ2) is 18.1. The fourth-order valence-corrected chi connectivity index (χ4v) is 8.39. The van der Waals surface area contributed by atoms with Crippen molar-refractivity contribution in [3.63, 3.8) is 0 Å². The fourth-order valence-electron chi connectivity index (χ4n) is 7.87. The first-order valence-electron chi connectivity index (χ1n) is 19.1. The van der Waals surface area contributed by atoms with Gasteiger partial charge in [0.2, 0.25) is 0 Å². The number of carbonyl (C=O) groups is 4. The highest BCUT2D eigenvalue weighted by molar-refractivity contribution is 6.31. The van der Waals surface area contributed by atoms with E-state index in [2.05, 4.69) is 9.97 Å². The van der Waals surface area contributed by atoms with Crippen molar-refractivity contribution in [3.05, 3.63) is 178 Å². The van der Waals surface area contributed by atoms with Gasteiger partial charge in [-0.2, -0.15) is 0 Å². The molecular formula is C47H40Cl2N4O6. The first kappa shape index (κ1) is 40.8. The maximum Gasteiger partial charge on any atom is 0.326 e. The molecule has 2 aliphatic rings. The van der Waals surface area contributed by atoms with E-state index in [1.54, 1.807) is 55.0 Å². The maximum absolute atomic E-state index is 13.4. The molecule has 0 spiro atoms. The van der Waals surface area contributed by atoms with E-state index in [0.717, 1.165) is 39.1 Å². The largest absolute Gasteiger partial charge is 0.480 e. The molecule has 298 valence electrons. The third-order valence-corrected chi connectivity index (χ3v) is 11.5. The van der Waals surface area contributed by atoms with Crippen LogP contribution in [0, 0.1) is 6.92 Å². The molecule has 2 aromatic heterocycles. The number of carboxylic acids is 2. The Labute approximate surface area is 351 Å². The van der Waals surface area contributed by atoms with Crippen LogP contribution >= 0.6 is 23.2 Å². The normalized spacial score (nSPS) is 18.5. The molecular weight excluding hydrogens is 787 g/mol. The Hall–Kier alpha value is -6.36. The van der Waals surface area contributed by atoms with Crippen LogP contribution in [-0.2, 0) is 9.59 Å². The summed E-state index contributed by atoms with van der Waals surface area (Å²) in [6.45, 7) is 1.93. The van der Waals surface area contributed by atoms with Crippen molar-refractivity contribution >= 4 is 47.0 Å². The van der Waals surface area contributed by atoms with E-state index in [9.17, 15) is 29.4 Å². The number of carboxylic acid groups (broad SMARTS) is 2. The zero-order chi connectivity index (χ0) is 41.6. The number of hydrogen-bond acceptors (Lipinski definition) is 6. The van der Waals surface area contributed by atoms with Crippen molar-refractivity contribution in [2.24, 2.45) is 0 Å². The van der Waals surface area contributed by atoms with Crippen molar-refractivity contribution in [2.45, 2.75) is 56.8 Å². The van der Waals surface area contributed by atoms with Crippen LogP contribution in [0.2, 0.25) is 10.0 Å². The molecule has 4 atom stereocenters. The lowest BCUT2D eigenvalue weighted by Crippen LogP contribution is -2.41. The van der Waals surface area contributed by atoms with Crippen molar-refractivity contribution < 1.29 is 29.4 Å². The highest BCUT2D eigenvalue weighted by Gasteiger charge is 2.44. The Bertz CT molecular complexity index is 2460. The van der Waals surface area contributed by atoms with Crippen LogP contribution in [0.3, 0.4) is 0 Å². The van der Waals surface area contributed by atoms with Crippen LogP contribution in [0.15, 0.2) is 140 Å². The van der Waals surface area contributed by atoms with E-state index >= 15 is 0 Å². The van der Waals surface area contributed by atoms with Crippen molar-refractivity contribution in [3.8, 4) is 22.3 Å². The van der Waals surface area contributed by atoms with Gasteiger partial charge < -0.3 is 20.0 Å². The molecule has 59 heavy (non-hydrogen) atoms. The summed E-state index contributed by atoms with van der Waals surface area (Å²) in [7, 11) is 0. The van der Waals surface area contributed by atoms with Crippen molar-refractivity contribution in [1.82, 2.24) is 19.8 Å². The number of pyridine rings is 2. The zero-order valence-corrected chi connectivity index (χ0v) is 33.5. The third kappa shape index (κ3) is 8.89. The van der Waals surface area contributed by atoms with Crippen molar-refractivity contribution in [2.75, 3.05) is 0 Å². The maximum atomic E-state index is 13.4. The average Bonchev–Trinajstić information content (AvgIpc) is 3.91. The van der Waals surface area contributed by atoms with Gasteiger partial charge in [-0.1, -0.05) is 89.9 Å². The van der Waals surface area contributed by atoms with Gasteiger partial charge in [0, 0.05) is 51.0 Å². The first-order chi connectivity index (χ1) is 28.5. The molecule has 0 aliphatic carbocycles. The molecule has 2 fully saturated rings. The molecule has 2 saturated heterocycles. The van der Waals surface area contributed by atoms with Crippen LogP contribution in [0.5, 0.6) is 0 Å². The minimum Gasteiger partial charge on any atom is -0.480 e. The summed E-state index contributed by atoms with van der Waals surface area (Å²) in [5.41, 5.74) is 7.25. The van der Waals surface area contributed by atoms with Gasteiger partial charge in [-0.3, -0.25) is 19.6 Å². The van der Waals surface area contributed by atoms with E-state index in [0.29, 0.717) is 46.9 Å². The number of nitrogens with zero attached hydrogens (tertiary/aromatic N) is 4. The molecule has 6 aromatic rings. The van der Waals surface area contributed by atoms with Crippen LogP contribution in [0.1, 0.15) is 75.3 Å². The van der Waals surface area contributed by atoms with Gasteiger partial charge in [-0.15, -0.1) is 0 Å². The molecule has 2 N–H and O–H groups in total. The molecule has 2 aliphatic heterocycles. The Morgan fingerprint density at radius 1 is 0.542 bits per heavy atom. The van der Waals surface area contributed by atoms with Crippen LogP contribution in [0.25, 0.3) is 22.3 Å². The van der Waals surface area contributed by atoms with Crippen LogP contribution in [0.4, 0.5) is 0 Å². The number of carbonyl (C=O) groups excluding carboxylic acids is 2. The molecule has 2 amide bonds. The SMILES string of the molecule is Cc1ccc(-c2ccc(C(=O)N3[C@@H](c4ccccc4Cl)CC[C@H]3C(=O)O)cc2)cn1.O=C(O)[C@@H]1CC[C@H](c2ccccc2Cl)N1C(=O)c1ccc(-c2ccncc2)cc1. The Balaban J connectivity index is 0.000000179. The van der Waals surface area contributed by atoms with Crippen LogP contribution < -0.4 is 0 Å². The summed E-state index contributed by atoms with van der Waals surface area (Å²) in [6, 6.07) is 34.2. The van der Waals surface area contributed by atoms with Gasteiger partial charge >= 0.3 is 11.9 Å². The molecule has 4 heterocycles. The van der Waals surface area contributed by atoms with E-state index in [-0.39, 0.29) is 23.9 Å². The summed E-state index contributed by atoms with van der Waals surface area (Å²) in [5.74, 6) is -2.61. The summed E-state index contributed by atoms with van der Waals surface area (Å²) in [6.07, 6.45) is 7.12. The fraction of sp³-hybridized carbons (Fsp3) is 0.191. The highest BCUT2D eigenvalue weighted by Crippen LogP contribution is 2.42. The first-order valence-corrected chi connectivity index (χ1v) is 19.9. The number of benzene rings is 4. The number of aryl methyl sites for hydroxylation is 1. The quantitative estimate of drug-likeness (QED) is 0.155. The molecule has 8 rings (SSSR count). The van der Waals surface area contributed by atoms with Gasteiger partial charge in [0.05, 0.1) is 12.1 Å². The number of amides is 2. The predicted molar refractivity (Wildman–Crippen MR) is 226 cm³/mol. The number of rotatable bonds is 8.